The summed E-state index contributed by atoms with van der Waals surface area (Å²) in [7, 11) is 0. The lowest BCUT2D eigenvalue weighted by molar-refractivity contribution is 0.207. The second-order valence-electron chi connectivity index (χ2n) is 6.97. The number of aryl methyl sites for hydroxylation is 1. The molecule has 4 rings (SSSR count). The molecule has 7 heteroatoms. The molecule has 6 nitrogen and oxygen atoms in total. The van der Waals surface area contributed by atoms with Crippen LogP contribution in [0.15, 0.2) is 58.8 Å². The van der Waals surface area contributed by atoms with E-state index >= 15 is 0 Å². The van der Waals surface area contributed by atoms with E-state index in [4.69, 9.17) is 16.1 Å². The molecule has 1 N–H and O–H groups in total. The molecule has 1 aliphatic rings. The topological polar surface area (TPSA) is 71.3 Å². The summed E-state index contributed by atoms with van der Waals surface area (Å²) in [6, 6.07) is 14.7. The summed E-state index contributed by atoms with van der Waals surface area (Å²) in [6.45, 7) is 6.39. The third-order valence-electron chi connectivity index (χ3n) is 5.08. The first-order chi connectivity index (χ1) is 14.0. The van der Waals surface area contributed by atoms with Crippen molar-refractivity contribution in [2.24, 2.45) is 0 Å². The lowest BCUT2D eigenvalue weighted by Gasteiger charge is -2.34. The standard InChI is InChI=1S/C22H21ClN4O2/c1-4-27-14(3)18(19(24-22(27)28)15-9-11-17(23)12-10-15)21-25-20(26-29-21)16-7-5-13(2)6-8-16/h5-12,19H,4H2,1-3H3,(H,24,28). The molecule has 0 bridgehead atoms. The second-order valence-corrected chi connectivity index (χ2v) is 7.40. The van der Waals surface area contributed by atoms with Gasteiger partial charge in [0, 0.05) is 22.8 Å². The number of halogens is 1. The van der Waals surface area contributed by atoms with Gasteiger partial charge in [-0.2, -0.15) is 4.98 Å². The van der Waals surface area contributed by atoms with Crippen LogP contribution in [-0.4, -0.2) is 27.6 Å². The minimum Gasteiger partial charge on any atom is -0.334 e. The molecular formula is C22H21ClN4O2. The summed E-state index contributed by atoms with van der Waals surface area (Å²) in [5, 5.41) is 7.84. The molecule has 0 spiro atoms. The van der Waals surface area contributed by atoms with Crippen LogP contribution in [-0.2, 0) is 0 Å². The van der Waals surface area contributed by atoms with Crippen LogP contribution >= 0.6 is 11.6 Å². The van der Waals surface area contributed by atoms with E-state index in [1.54, 1.807) is 17.0 Å². The summed E-state index contributed by atoms with van der Waals surface area (Å²) >= 11 is 6.04. The molecule has 2 aromatic carbocycles. The number of allylic oxidation sites excluding steroid dienone is 1. The molecule has 1 atom stereocenters. The van der Waals surface area contributed by atoms with Crippen molar-refractivity contribution in [1.29, 1.82) is 0 Å². The van der Waals surface area contributed by atoms with Crippen LogP contribution in [0.5, 0.6) is 0 Å². The predicted octanol–water partition coefficient (Wildman–Crippen LogP) is 5.22. The van der Waals surface area contributed by atoms with Crippen molar-refractivity contribution in [2.45, 2.75) is 26.8 Å². The van der Waals surface area contributed by atoms with Crippen LogP contribution in [0, 0.1) is 6.92 Å². The highest BCUT2D eigenvalue weighted by Gasteiger charge is 2.35. The molecule has 0 fully saturated rings. The van der Waals surface area contributed by atoms with Gasteiger partial charge in [-0.3, -0.25) is 4.90 Å². The SMILES string of the molecule is CCN1C(=O)NC(c2ccc(Cl)cc2)C(c2nc(-c3ccc(C)cc3)no2)=C1C. The molecule has 0 aliphatic carbocycles. The Bertz CT molecular complexity index is 1070. The van der Waals surface area contributed by atoms with Crippen molar-refractivity contribution in [3.63, 3.8) is 0 Å². The van der Waals surface area contributed by atoms with E-state index in [1.165, 1.54) is 0 Å². The van der Waals surface area contributed by atoms with E-state index in [0.29, 0.717) is 23.3 Å². The summed E-state index contributed by atoms with van der Waals surface area (Å²) in [5.41, 5.74) is 4.49. The van der Waals surface area contributed by atoms with Crippen LogP contribution < -0.4 is 5.32 Å². The van der Waals surface area contributed by atoms with Gasteiger partial charge >= 0.3 is 6.03 Å². The molecule has 29 heavy (non-hydrogen) atoms. The van der Waals surface area contributed by atoms with Gasteiger partial charge in [-0.1, -0.05) is 58.7 Å². The van der Waals surface area contributed by atoms with Crippen molar-refractivity contribution < 1.29 is 9.32 Å². The molecule has 2 heterocycles. The van der Waals surface area contributed by atoms with Crippen LogP contribution in [0.3, 0.4) is 0 Å². The number of urea groups is 1. The van der Waals surface area contributed by atoms with E-state index < -0.39 is 6.04 Å². The summed E-state index contributed by atoms with van der Waals surface area (Å²) in [5.74, 6) is 0.895. The number of nitrogens with zero attached hydrogens (tertiary/aromatic N) is 3. The number of carbonyl (C=O) groups excluding carboxylic acids is 1. The van der Waals surface area contributed by atoms with Gasteiger partial charge in [-0.25, -0.2) is 4.79 Å². The van der Waals surface area contributed by atoms with Crippen molar-refractivity contribution >= 4 is 23.2 Å². The number of carbonyl (C=O) groups is 1. The van der Waals surface area contributed by atoms with Crippen LogP contribution in [0.25, 0.3) is 17.0 Å². The van der Waals surface area contributed by atoms with E-state index in [1.807, 2.05) is 57.2 Å². The Kier molecular flexibility index (Phi) is 5.11. The number of rotatable bonds is 4. The molecule has 0 radical (unpaired) electrons. The van der Waals surface area contributed by atoms with Gasteiger partial charge in [-0.15, -0.1) is 0 Å². The fourth-order valence-electron chi connectivity index (χ4n) is 3.50. The molecule has 2 amide bonds. The first-order valence-corrected chi connectivity index (χ1v) is 9.81. The maximum Gasteiger partial charge on any atom is 0.322 e. The normalized spacial score (nSPS) is 16.9. The lowest BCUT2D eigenvalue weighted by Crippen LogP contribution is -2.45. The van der Waals surface area contributed by atoms with Crippen LogP contribution in [0.4, 0.5) is 4.79 Å². The summed E-state index contributed by atoms with van der Waals surface area (Å²) in [4.78, 5) is 18.9. The maximum absolute atomic E-state index is 12.6. The van der Waals surface area contributed by atoms with Crippen LogP contribution in [0.2, 0.25) is 5.02 Å². The average molecular weight is 409 g/mol. The van der Waals surface area contributed by atoms with Gasteiger partial charge in [0.1, 0.15) is 0 Å². The van der Waals surface area contributed by atoms with E-state index in [2.05, 4.69) is 15.5 Å². The summed E-state index contributed by atoms with van der Waals surface area (Å²) in [6.07, 6.45) is 0. The molecule has 1 aliphatic heterocycles. The Hall–Kier alpha value is -3.12. The highest BCUT2D eigenvalue weighted by Crippen LogP contribution is 2.37. The lowest BCUT2D eigenvalue weighted by atomic mass is 9.95. The molecule has 148 valence electrons. The fraction of sp³-hybridized carbons (Fsp3) is 0.227. The Morgan fingerprint density at radius 2 is 1.79 bits per heavy atom. The monoisotopic (exact) mass is 408 g/mol. The van der Waals surface area contributed by atoms with Crippen molar-refractivity contribution in [3.05, 3.63) is 76.3 Å². The number of nitrogens with one attached hydrogen (secondary N) is 1. The number of amides is 2. The number of benzene rings is 2. The van der Waals surface area contributed by atoms with Gasteiger partial charge in [0.15, 0.2) is 0 Å². The first-order valence-electron chi connectivity index (χ1n) is 9.43. The van der Waals surface area contributed by atoms with E-state index in [0.717, 1.165) is 28.0 Å². The number of hydrogen-bond donors (Lipinski definition) is 1. The van der Waals surface area contributed by atoms with Gasteiger partial charge in [-0.05, 0) is 38.5 Å². The molecule has 1 unspecified atom stereocenters. The second kappa shape index (κ2) is 7.72. The maximum atomic E-state index is 12.6. The highest BCUT2D eigenvalue weighted by atomic mass is 35.5. The van der Waals surface area contributed by atoms with Crippen LogP contribution in [0.1, 0.15) is 36.9 Å². The average Bonchev–Trinajstić information content (AvgIpc) is 3.18. The fourth-order valence-corrected chi connectivity index (χ4v) is 3.62. The predicted molar refractivity (Wildman–Crippen MR) is 112 cm³/mol. The smallest absolute Gasteiger partial charge is 0.322 e. The van der Waals surface area contributed by atoms with E-state index in [9.17, 15) is 4.79 Å². The largest absolute Gasteiger partial charge is 0.334 e. The first kappa shape index (κ1) is 19.2. The minimum atomic E-state index is -0.408. The number of aromatic nitrogens is 2. The summed E-state index contributed by atoms with van der Waals surface area (Å²) < 4.78 is 5.64. The quantitative estimate of drug-likeness (QED) is 0.642. The Morgan fingerprint density at radius 1 is 1.10 bits per heavy atom. The van der Waals surface area contributed by atoms with Gasteiger partial charge in [0.25, 0.3) is 5.89 Å². The third kappa shape index (κ3) is 3.63. The molecule has 1 aromatic heterocycles. The third-order valence-corrected chi connectivity index (χ3v) is 5.33. The van der Waals surface area contributed by atoms with Gasteiger partial charge in [0.2, 0.25) is 5.82 Å². The van der Waals surface area contributed by atoms with Crippen molar-refractivity contribution in [3.8, 4) is 11.4 Å². The Morgan fingerprint density at radius 3 is 2.45 bits per heavy atom. The zero-order valence-corrected chi connectivity index (χ0v) is 17.2. The molecule has 3 aromatic rings. The Labute approximate surface area is 174 Å². The highest BCUT2D eigenvalue weighted by molar-refractivity contribution is 6.30. The molecule has 0 saturated carbocycles. The minimum absolute atomic E-state index is 0.160. The number of hydrogen-bond acceptors (Lipinski definition) is 4. The Balaban J connectivity index is 1.80. The van der Waals surface area contributed by atoms with Gasteiger partial charge in [0.05, 0.1) is 11.6 Å². The van der Waals surface area contributed by atoms with Crippen molar-refractivity contribution in [2.75, 3.05) is 6.54 Å². The molecule has 0 saturated heterocycles. The van der Waals surface area contributed by atoms with E-state index in [-0.39, 0.29) is 6.03 Å². The zero-order valence-electron chi connectivity index (χ0n) is 16.4. The van der Waals surface area contributed by atoms with Gasteiger partial charge < -0.3 is 9.84 Å². The van der Waals surface area contributed by atoms with Crippen molar-refractivity contribution in [1.82, 2.24) is 20.4 Å². The zero-order chi connectivity index (χ0) is 20.5. The molecular weight excluding hydrogens is 388 g/mol.